The van der Waals surface area contributed by atoms with Crippen LogP contribution < -0.4 is 5.32 Å². The van der Waals surface area contributed by atoms with Gasteiger partial charge in [0.15, 0.2) is 0 Å². The number of benzene rings is 1. The Kier molecular flexibility index (Phi) is 6.17. The molecule has 6 heteroatoms. The van der Waals surface area contributed by atoms with Crippen molar-refractivity contribution in [2.45, 2.75) is 51.0 Å². The summed E-state index contributed by atoms with van der Waals surface area (Å²) in [7, 11) is 0. The van der Waals surface area contributed by atoms with Gasteiger partial charge in [-0.25, -0.2) is 4.98 Å². The fourth-order valence-electron chi connectivity index (χ4n) is 3.87. The van der Waals surface area contributed by atoms with Crippen molar-refractivity contribution in [3.8, 4) is 0 Å². The SMILES string of the molecule is O=C(CCc1ccc(CC2CCN(C(=O)c3cnccn3)CC2)cc1)NC1CC1. The van der Waals surface area contributed by atoms with Crippen molar-refractivity contribution >= 4 is 11.8 Å². The Morgan fingerprint density at radius 1 is 1.00 bits per heavy atom. The highest BCUT2D eigenvalue weighted by Crippen LogP contribution is 2.23. The van der Waals surface area contributed by atoms with E-state index in [4.69, 9.17) is 0 Å². The Morgan fingerprint density at radius 3 is 2.38 bits per heavy atom. The lowest BCUT2D eigenvalue weighted by molar-refractivity contribution is -0.121. The largest absolute Gasteiger partial charge is 0.353 e. The molecule has 0 spiro atoms. The smallest absolute Gasteiger partial charge is 0.274 e. The quantitative estimate of drug-likeness (QED) is 0.786. The summed E-state index contributed by atoms with van der Waals surface area (Å²) in [6, 6.07) is 9.10. The minimum absolute atomic E-state index is 0.0216. The van der Waals surface area contributed by atoms with Crippen LogP contribution in [-0.2, 0) is 17.6 Å². The molecule has 1 saturated carbocycles. The molecular formula is C23H28N4O2. The molecule has 2 aromatic rings. The number of nitrogens with one attached hydrogen (secondary N) is 1. The standard InChI is InChI=1S/C23H28N4O2/c28-22(26-20-6-7-20)8-5-17-1-3-18(4-2-17)15-19-9-13-27(14-10-19)23(29)21-16-24-11-12-25-21/h1-4,11-12,16,19-20H,5-10,13-15H2,(H,26,28). The molecule has 1 aromatic heterocycles. The number of carbonyl (C=O) groups is 2. The zero-order valence-electron chi connectivity index (χ0n) is 16.7. The summed E-state index contributed by atoms with van der Waals surface area (Å²) in [4.78, 5) is 34.3. The molecule has 2 fully saturated rings. The van der Waals surface area contributed by atoms with E-state index in [0.717, 1.165) is 51.6 Å². The van der Waals surface area contributed by atoms with Gasteiger partial charge in [0, 0.05) is 37.9 Å². The van der Waals surface area contributed by atoms with Gasteiger partial charge in [-0.3, -0.25) is 14.6 Å². The number of nitrogens with zero attached hydrogens (tertiary/aromatic N) is 3. The topological polar surface area (TPSA) is 75.2 Å². The first kappa shape index (κ1) is 19.6. The van der Waals surface area contributed by atoms with Crippen LogP contribution in [0.15, 0.2) is 42.9 Å². The Labute approximate surface area is 171 Å². The fourth-order valence-corrected chi connectivity index (χ4v) is 3.87. The maximum Gasteiger partial charge on any atom is 0.274 e. The molecule has 1 aliphatic carbocycles. The Balaban J connectivity index is 1.21. The van der Waals surface area contributed by atoms with E-state index < -0.39 is 0 Å². The number of amides is 2. The van der Waals surface area contributed by atoms with E-state index >= 15 is 0 Å². The summed E-state index contributed by atoms with van der Waals surface area (Å²) in [6.07, 6.45) is 11.4. The zero-order valence-corrected chi connectivity index (χ0v) is 16.7. The van der Waals surface area contributed by atoms with Crippen LogP contribution in [0.25, 0.3) is 0 Å². The van der Waals surface area contributed by atoms with Crippen molar-refractivity contribution in [3.05, 3.63) is 59.7 Å². The minimum atomic E-state index is -0.0216. The first-order valence-corrected chi connectivity index (χ1v) is 10.6. The molecule has 29 heavy (non-hydrogen) atoms. The molecular weight excluding hydrogens is 364 g/mol. The van der Waals surface area contributed by atoms with Crippen molar-refractivity contribution in [1.29, 1.82) is 0 Å². The molecule has 2 aliphatic rings. The molecule has 1 N–H and O–H groups in total. The van der Waals surface area contributed by atoms with Gasteiger partial charge in [-0.15, -0.1) is 0 Å². The van der Waals surface area contributed by atoms with Crippen molar-refractivity contribution in [3.63, 3.8) is 0 Å². The van der Waals surface area contributed by atoms with Crippen molar-refractivity contribution in [1.82, 2.24) is 20.2 Å². The molecule has 1 saturated heterocycles. The molecule has 2 amide bonds. The fraction of sp³-hybridized carbons (Fsp3) is 0.478. The van der Waals surface area contributed by atoms with Gasteiger partial charge < -0.3 is 10.2 Å². The van der Waals surface area contributed by atoms with E-state index in [2.05, 4.69) is 39.6 Å². The number of aryl methyl sites for hydroxylation is 1. The Bertz CT molecular complexity index is 826. The molecule has 1 aromatic carbocycles. The van der Waals surface area contributed by atoms with Crippen molar-refractivity contribution in [2.75, 3.05) is 13.1 Å². The van der Waals surface area contributed by atoms with Gasteiger partial charge in [0.2, 0.25) is 5.91 Å². The molecule has 0 radical (unpaired) electrons. The van der Waals surface area contributed by atoms with Crippen LogP contribution in [0.5, 0.6) is 0 Å². The summed E-state index contributed by atoms with van der Waals surface area (Å²) in [5, 5.41) is 3.04. The van der Waals surface area contributed by atoms with E-state index in [1.165, 1.54) is 17.3 Å². The summed E-state index contributed by atoms with van der Waals surface area (Å²) < 4.78 is 0. The lowest BCUT2D eigenvalue weighted by atomic mass is 9.89. The minimum Gasteiger partial charge on any atom is -0.353 e. The number of rotatable bonds is 7. The molecule has 6 nitrogen and oxygen atoms in total. The number of hydrogen-bond donors (Lipinski definition) is 1. The van der Waals surface area contributed by atoms with Gasteiger partial charge >= 0.3 is 0 Å². The van der Waals surface area contributed by atoms with Crippen molar-refractivity contribution in [2.24, 2.45) is 5.92 Å². The first-order valence-electron chi connectivity index (χ1n) is 10.6. The average Bonchev–Trinajstić information content (AvgIpc) is 3.58. The Hall–Kier alpha value is -2.76. The molecule has 0 atom stereocenters. The highest BCUT2D eigenvalue weighted by atomic mass is 16.2. The monoisotopic (exact) mass is 392 g/mol. The maximum atomic E-state index is 12.5. The van der Waals surface area contributed by atoms with Gasteiger partial charge in [0.25, 0.3) is 5.91 Å². The van der Waals surface area contributed by atoms with Gasteiger partial charge in [-0.1, -0.05) is 24.3 Å². The number of likely N-dealkylation sites (tertiary alicyclic amines) is 1. The third-order valence-corrected chi connectivity index (χ3v) is 5.81. The second kappa shape index (κ2) is 9.16. The second-order valence-corrected chi connectivity index (χ2v) is 8.19. The predicted octanol–water partition coefficient (Wildman–Crippen LogP) is 2.78. The lowest BCUT2D eigenvalue weighted by Crippen LogP contribution is -2.39. The number of piperidine rings is 1. The van der Waals surface area contributed by atoms with E-state index in [1.54, 1.807) is 12.4 Å². The first-order chi connectivity index (χ1) is 14.2. The zero-order chi connectivity index (χ0) is 20.1. The normalized spacial score (nSPS) is 17.2. The van der Waals surface area contributed by atoms with Crippen LogP contribution in [-0.4, -0.2) is 45.8 Å². The third kappa shape index (κ3) is 5.62. The van der Waals surface area contributed by atoms with E-state index in [0.29, 0.717) is 24.1 Å². The van der Waals surface area contributed by atoms with Gasteiger partial charge in [-0.05, 0) is 55.6 Å². The van der Waals surface area contributed by atoms with Crippen LogP contribution in [0.1, 0.15) is 53.7 Å². The van der Waals surface area contributed by atoms with E-state index in [-0.39, 0.29) is 11.8 Å². The molecule has 152 valence electrons. The van der Waals surface area contributed by atoms with Crippen LogP contribution in [0.4, 0.5) is 0 Å². The van der Waals surface area contributed by atoms with Crippen LogP contribution in [0.2, 0.25) is 0 Å². The van der Waals surface area contributed by atoms with Gasteiger partial charge in [-0.2, -0.15) is 0 Å². The highest BCUT2D eigenvalue weighted by Gasteiger charge is 2.25. The van der Waals surface area contributed by atoms with Crippen LogP contribution >= 0.6 is 0 Å². The molecule has 1 aliphatic heterocycles. The van der Waals surface area contributed by atoms with Crippen LogP contribution in [0, 0.1) is 5.92 Å². The Morgan fingerprint density at radius 2 is 1.72 bits per heavy atom. The lowest BCUT2D eigenvalue weighted by Gasteiger charge is -2.31. The molecule has 0 unspecified atom stereocenters. The van der Waals surface area contributed by atoms with Gasteiger partial charge in [0.1, 0.15) is 5.69 Å². The van der Waals surface area contributed by atoms with Crippen LogP contribution in [0.3, 0.4) is 0 Å². The molecule has 0 bridgehead atoms. The summed E-state index contributed by atoms with van der Waals surface area (Å²) >= 11 is 0. The maximum absolute atomic E-state index is 12.5. The number of hydrogen-bond acceptors (Lipinski definition) is 4. The summed E-state index contributed by atoms with van der Waals surface area (Å²) in [6.45, 7) is 1.54. The van der Waals surface area contributed by atoms with E-state index in [1.807, 2.05) is 4.90 Å². The molecule has 4 rings (SSSR count). The van der Waals surface area contributed by atoms with Gasteiger partial charge in [0.05, 0.1) is 6.20 Å². The summed E-state index contributed by atoms with van der Waals surface area (Å²) in [5.74, 6) is 0.738. The summed E-state index contributed by atoms with van der Waals surface area (Å²) in [5.41, 5.74) is 2.96. The number of carbonyl (C=O) groups excluding carboxylic acids is 2. The average molecular weight is 393 g/mol. The predicted molar refractivity (Wildman–Crippen MR) is 110 cm³/mol. The third-order valence-electron chi connectivity index (χ3n) is 5.81. The molecule has 2 heterocycles. The number of aromatic nitrogens is 2. The second-order valence-electron chi connectivity index (χ2n) is 8.19. The highest BCUT2D eigenvalue weighted by molar-refractivity contribution is 5.92. The van der Waals surface area contributed by atoms with Crippen molar-refractivity contribution < 1.29 is 9.59 Å². The van der Waals surface area contributed by atoms with E-state index in [9.17, 15) is 9.59 Å².